The van der Waals surface area contributed by atoms with E-state index in [0.29, 0.717) is 17.5 Å². The minimum Gasteiger partial charge on any atom is -0.324 e. The van der Waals surface area contributed by atoms with E-state index < -0.39 is 17.7 Å². The van der Waals surface area contributed by atoms with Gasteiger partial charge in [0, 0.05) is 24.1 Å². The molecule has 0 radical (unpaired) electrons. The van der Waals surface area contributed by atoms with Gasteiger partial charge in [-0.2, -0.15) is 0 Å². The summed E-state index contributed by atoms with van der Waals surface area (Å²) >= 11 is 1.55. The Labute approximate surface area is 125 Å². The quantitative estimate of drug-likeness (QED) is 0.790. The molecule has 0 amide bonds. The summed E-state index contributed by atoms with van der Waals surface area (Å²) in [5.41, 5.74) is 7.71. The lowest BCUT2D eigenvalue weighted by molar-refractivity contribution is 0.549. The molecule has 5 heteroatoms. The largest absolute Gasteiger partial charge is 0.324 e. The fourth-order valence-electron chi connectivity index (χ4n) is 2.27. The number of aromatic nitrogens is 1. The van der Waals surface area contributed by atoms with E-state index in [1.807, 2.05) is 24.3 Å². The van der Waals surface area contributed by atoms with Crippen LogP contribution in [-0.4, -0.2) is 4.98 Å². The van der Waals surface area contributed by atoms with Gasteiger partial charge in [-0.25, -0.2) is 13.8 Å². The van der Waals surface area contributed by atoms with Crippen molar-refractivity contribution in [3.05, 3.63) is 64.2 Å². The summed E-state index contributed by atoms with van der Waals surface area (Å²) in [6, 6.07) is 9.63. The Balaban J connectivity index is 1.89. The first-order valence-electron chi connectivity index (χ1n) is 6.60. The molecule has 0 spiro atoms. The van der Waals surface area contributed by atoms with Crippen LogP contribution in [0.5, 0.6) is 0 Å². The van der Waals surface area contributed by atoms with E-state index in [1.165, 1.54) is 6.07 Å². The van der Waals surface area contributed by atoms with E-state index in [1.54, 1.807) is 18.3 Å². The molecule has 0 aliphatic carbocycles. The van der Waals surface area contributed by atoms with E-state index in [-0.39, 0.29) is 0 Å². The Bertz CT molecular complexity index is 765. The van der Waals surface area contributed by atoms with Crippen molar-refractivity contribution < 1.29 is 8.78 Å². The van der Waals surface area contributed by atoms with Crippen LogP contribution in [0.15, 0.2) is 36.4 Å². The van der Waals surface area contributed by atoms with Gasteiger partial charge in [0.2, 0.25) is 0 Å². The van der Waals surface area contributed by atoms with Gasteiger partial charge < -0.3 is 5.73 Å². The summed E-state index contributed by atoms with van der Waals surface area (Å²) in [6.45, 7) is 1.60. The minimum absolute atomic E-state index is 0.327. The second-order valence-corrected chi connectivity index (χ2v) is 6.12. The van der Waals surface area contributed by atoms with E-state index in [2.05, 4.69) is 4.98 Å². The van der Waals surface area contributed by atoms with Crippen LogP contribution in [0.25, 0.3) is 10.2 Å². The van der Waals surface area contributed by atoms with Gasteiger partial charge in [0.15, 0.2) is 0 Å². The first-order valence-corrected chi connectivity index (χ1v) is 7.42. The van der Waals surface area contributed by atoms with Crippen molar-refractivity contribution in [3.63, 3.8) is 0 Å². The summed E-state index contributed by atoms with van der Waals surface area (Å²) in [7, 11) is 0. The third-order valence-corrected chi connectivity index (χ3v) is 4.47. The molecule has 0 fully saturated rings. The summed E-state index contributed by atoms with van der Waals surface area (Å²) in [5.74, 6) is -1.16. The molecule has 1 heterocycles. The van der Waals surface area contributed by atoms with Crippen LogP contribution in [0.4, 0.5) is 8.78 Å². The number of rotatable bonds is 3. The number of hydrogen-bond donors (Lipinski definition) is 1. The van der Waals surface area contributed by atoms with Crippen molar-refractivity contribution in [2.24, 2.45) is 5.73 Å². The molecular weight excluding hydrogens is 290 g/mol. The van der Waals surface area contributed by atoms with Gasteiger partial charge in [-0.15, -0.1) is 11.3 Å². The molecule has 0 aliphatic heterocycles. The lowest BCUT2D eigenvalue weighted by Gasteiger charge is -2.12. The molecule has 1 aromatic heterocycles. The highest BCUT2D eigenvalue weighted by Gasteiger charge is 2.16. The number of aryl methyl sites for hydroxylation is 1. The zero-order valence-electron chi connectivity index (χ0n) is 11.4. The van der Waals surface area contributed by atoms with Gasteiger partial charge in [-0.05, 0) is 30.7 Å². The Morgan fingerprint density at radius 3 is 2.71 bits per heavy atom. The molecule has 1 unspecified atom stereocenters. The molecule has 3 aromatic rings. The molecule has 2 aromatic carbocycles. The van der Waals surface area contributed by atoms with Crippen molar-refractivity contribution >= 4 is 21.6 Å². The second kappa shape index (κ2) is 5.50. The summed E-state index contributed by atoms with van der Waals surface area (Å²) in [5, 5.41) is 0.852. The summed E-state index contributed by atoms with van der Waals surface area (Å²) in [6.07, 6.45) is 0.432. The van der Waals surface area contributed by atoms with E-state index in [4.69, 9.17) is 5.73 Å². The molecule has 0 saturated carbocycles. The number of para-hydroxylation sites is 1. The molecule has 2 nitrogen and oxygen atoms in total. The highest BCUT2D eigenvalue weighted by atomic mass is 32.1. The predicted molar refractivity (Wildman–Crippen MR) is 81.3 cm³/mol. The van der Waals surface area contributed by atoms with Crippen LogP contribution < -0.4 is 5.73 Å². The molecule has 2 N–H and O–H groups in total. The van der Waals surface area contributed by atoms with Crippen LogP contribution in [0, 0.1) is 18.6 Å². The van der Waals surface area contributed by atoms with Gasteiger partial charge in [0.05, 0.1) is 15.2 Å². The molecule has 0 aliphatic rings. The number of thiazole rings is 1. The number of nitrogens with zero attached hydrogens (tertiary/aromatic N) is 1. The van der Waals surface area contributed by atoms with Crippen molar-refractivity contribution in [2.45, 2.75) is 19.4 Å². The van der Waals surface area contributed by atoms with Gasteiger partial charge in [-0.3, -0.25) is 0 Å². The topological polar surface area (TPSA) is 38.9 Å². The van der Waals surface area contributed by atoms with Gasteiger partial charge in [-0.1, -0.05) is 12.1 Å². The van der Waals surface area contributed by atoms with E-state index in [9.17, 15) is 8.78 Å². The number of fused-ring (bicyclic) bond motifs is 1. The molecule has 21 heavy (non-hydrogen) atoms. The number of hydrogen-bond acceptors (Lipinski definition) is 3. The first-order chi connectivity index (χ1) is 10.0. The van der Waals surface area contributed by atoms with Crippen molar-refractivity contribution in [1.29, 1.82) is 0 Å². The monoisotopic (exact) mass is 304 g/mol. The van der Waals surface area contributed by atoms with Crippen LogP contribution in [-0.2, 0) is 6.42 Å². The van der Waals surface area contributed by atoms with Gasteiger partial charge in [0.1, 0.15) is 11.6 Å². The fraction of sp³-hybridized carbons (Fsp3) is 0.188. The Kier molecular flexibility index (Phi) is 3.69. The maximum atomic E-state index is 13.9. The molecule has 0 bridgehead atoms. The summed E-state index contributed by atoms with van der Waals surface area (Å²) < 4.78 is 28.2. The fourth-order valence-corrected chi connectivity index (χ4v) is 3.29. The zero-order chi connectivity index (χ0) is 15.0. The van der Waals surface area contributed by atoms with Crippen LogP contribution in [0.3, 0.4) is 0 Å². The lowest BCUT2D eigenvalue weighted by Crippen LogP contribution is -2.15. The Hall–Kier alpha value is -1.85. The Morgan fingerprint density at radius 1 is 1.19 bits per heavy atom. The zero-order valence-corrected chi connectivity index (χ0v) is 12.3. The standard InChI is InChI=1S/C16H14F2N2S/c1-9-6-10(12(18)7-11(9)17)13(19)8-16-20-14-4-2-3-5-15(14)21-16/h2-7,13H,8,19H2,1H3. The minimum atomic E-state index is -0.605. The highest BCUT2D eigenvalue weighted by Crippen LogP contribution is 2.27. The molecule has 108 valence electrons. The molecule has 1 atom stereocenters. The smallest absolute Gasteiger partial charge is 0.130 e. The van der Waals surface area contributed by atoms with Crippen LogP contribution in [0.1, 0.15) is 22.2 Å². The van der Waals surface area contributed by atoms with E-state index >= 15 is 0 Å². The van der Waals surface area contributed by atoms with Crippen molar-refractivity contribution in [3.8, 4) is 0 Å². The average molecular weight is 304 g/mol. The summed E-state index contributed by atoms with van der Waals surface area (Å²) in [4.78, 5) is 4.49. The van der Waals surface area contributed by atoms with Crippen molar-refractivity contribution in [2.75, 3.05) is 0 Å². The van der Waals surface area contributed by atoms with Crippen LogP contribution >= 0.6 is 11.3 Å². The first kappa shape index (κ1) is 14.1. The highest BCUT2D eigenvalue weighted by molar-refractivity contribution is 7.18. The second-order valence-electron chi connectivity index (χ2n) is 5.01. The maximum absolute atomic E-state index is 13.9. The molecule has 3 rings (SSSR count). The normalized spacial score (nSPS) is 12.8. The third-order valence-electron chi connectivity index (χ3n) is 3.41. The Morgan fingerprint density at radius 2 is 1.95 bits per heavy atom. The third kappa shape index (κ3) is 2.80. The van der Waals surface area contributed by atoms with Gasteiger partial charge >= 0.3 is 0 Å². The molecular formula is C16H14F2N2S. The predicted octanol–water partition coefficient (Wildman–Crippen LogP) is 4.13. The van der Waals surface area contributed by atoms with E-state index in [0.717, 1.165) is 21.3 Å². The average Bonchev–Trinajstić information content (AvgIpc) is 2.84. The number of halogens is 2. The molecule has 0 saturated heterocycles. The maximum Gasteiger partial charge on any atom is 0.130 e. The number of benzene rings is 2. The SMILES string of the molecule is Cc1cc(C(N)Cc2nc3ccccc3s2)c(F)cc1F. The van der Waals surface area contributed by atoms with Crippen LogP contribution in [0.2, 0.25) is 0 Å². The number of nitrogens with two attached hydrogens (primary N) is 1. The van der Waals surface area contributed by atoms with Gasteiger partial charge in [0.25, 0.3) is 0 Å². The van der Waals surface area contributed by atoms with Crippen molar-refractivity contribution in [1.82, 2.24) is 4.98 Å². The lowest BCUT2D eigenvalue weighted by atomic mass is 10.0.